The third-order valence-corrected chi connectivity index (χ3v) is 4.80. The van der Waals surface area contributed by atoms with E-state index in [0.717, 1.165) is 33.3 Å². The van der Waals surface area contributed by atoms with Gasteiger partial charge >= 0.3 is 0 Å². The van der Waals surface area contributed by atoms with E-state index in [2.05, 4.69) is 10.6 Å². The van der Waals surface area contributed by atoms with Crippen LogP contribution in [0, 0.1) is 20.8 Å². The Morgan fingerprint density at radius 3 is 2.03 bits per heavy atom. The number of benzene rings is 3. The fourth-order valence-corrected chi connectivity index (χ4v) is 3.57. The summed E-state index contributed by atoms with van der Waals surface area (Å²) in [5, 5.41) is 8.06. The molecular formula is C24H27N3O2. The number of carbonyl (C=O) groups is 2. The summed E-state index contributed by atoms with van der Waals surface area (Å²) in [4.78, 5) is 26.5. The molecule has 0 bridgehead atoms. The summed E-state index contributed by atoms with van der Waals surface area (Å²) in [5.41, 5.74) is 4.83. The number of carbonyl (C=O) groups excluding carboxylic acids is 2. The van der Waals surface area contributed by atoms with Crippen molar-refractivity contribution in [3.63, 3.8) is 0 Å². The molecule has 150 valence electrons. The van der Waals surface area contributed by atoms with Crippen LogP contribution in [-0.2, 0) is 9.59 Å². The molecule has 2 N–H and O–H groups in total. The van der Waals surface area contributed by atoms with Crippen LogP contribution in [0.1, 0.15) is 16.7 Å². The molecule has 3 aromatic rings. The monoisotopic (exact) mass is 389 g/mol. The Bertz CT molecular complexity index is 1040. The summed E-state index contributed by atoms with van der Waals surface area (Å²) >= 11 is 0. The van der Waals surface area contributed by atoms with E-state index >= 15 is 0 Å². The second-order valence-electron chi connectivity index (χ2n) is 7.60. The smallest absolute Gasteiger partial charge is 0.238 e. The van der Waals surface area contributed by atoms with Gasteiger partial charge in [-0.05, 0) is 61.9 Å². The first-order valence-corrected chi connectivity index (χ1v) is 9.67. The van der Waals surface area contributed by atoms with E-state index in [0.29, 0.717) is 0 Å². The van der Waals surface area contributed by atoms with E-state index in [9.17, 15) is 9.59 Å². The molecule has 5 heteroatoms. The largest absolute Gasteiger partial charge is 0.325 e. The van der Waals surface area contributed by atoms with Crippen LogP contribution in [0.4, 0.5) is 11.4 Å². The predicted octanol–water partition coefficient (Wildman–Crippen LogP) is 4.27. The van der Waals surface area contributed by atoms with Crippen molar-refractivity contribution >= 4 is 34.0 Å². The van der Waals surface area contributed by atoms with Crippen LogP contribution >= 0.6 is 0 Å². The van der Waals surface area contributed by atoms with Crippen LogP contribution in [0.2, 0.25) is 0 Å². The molecule has 3 rings (SSSR count). The van der Waals surface area contributed by atoms with E-state index in [1.807, 2.05) is 75.4 Å². The first kappa shape index (κ1) is 20.6. The molecule has 0 saturated heterocycles. The fraction of sp³-hybridized carbons (Fsp3) is 0.250. The van der Waals surface area contributed by atoms with Gasteiger partial charge < -0.3 is 10.6 Å². The Balaban J connectivity index is 1.54. The third-order valence-electron chi connectivity index (χ3n) is 4.80. The van der Waals surface area contributed by atoms with Gasteiger partial charge in [-0.3, -0.25) is 14.5 Å². The highest BCUT2D eigenvalue weighted by molar-refractivity contribution is 5.97. The zero-order valence-electron chi connectivity index (χ0n) is 17.4. The summed E-state index contributed by atoms with van der Waals surface area (Å²) in [6, 6.07) is 17.9. The minimum atomic E-state index is -0.154. The standard InChI is InChI=1S/C24H27N3O2/c1-16-11-17(2)24(18(3)12-16)26-23(29)15-27(4)14-22(28)25-21-10-9-19-7-5-6-8-20(19)13-21/h5-13H,14-15H2,1-4H3,(H,25,28)(H,26,29). The Labute approximate surface area is 171 Å². The second-order valence-corrected chi connectivity index (χ2v) is 7.60. The molecule has 0 spiro atoms. The van der Waals surface area contributed by atoms with Crippen molar-refractivity contribution < 1.29 is 9.59 Å². The van der Waals surface area contributed by atoms with Crippen molar-refractivity contribution in [2.24, 2.45) is 0 Å². The highest BCUT2D eigenvalue weighted by atomic mass is 16.2. The SMILES string of the molecule is Cc1cc(C)c(NC(=O)CN(C)CC(=O)Nc2ccc3ccccc3c2)c(C)c1. The van der Waals surface area contributed by atoms with E-state index in [4.69, 9.17) is 0 Å². The number of likely N-dealkylation sites (N-methyl/N-ethyl adjacent to an activating group) is 1. The Hall–Kier alpha value is -3.18. The molecule has 29 heavy (non-hydrogen) atoms. The molecule has 0 radical (unpaired) electrons. The van der Waals surface area contributed by atoms with E-state index in [1.165, 1.54) is 5.56 Å². The molecule has 5 nitrogen and oxygen atoms in total. The number of hydrogen-bond donors (Lipinski definition) is 2. The van der Waals surface area contributed by atoms with Gasteiger partial charge in [0.15, 0.2) is 0 Å². The van der Waals surface area contributed by atoms with Gasteiger partial charge in [0.1, 0.15) is 0 Å². The maximum Gasteiger partial charge on any atom is 0.238 e. The molecule has 3 aromatic carbocycles. The van der Waals surface area contributed by atoms with Crippen LogP contribution in [0.5, 0.6) is 0 Å². The first-order valence-electron chi connectivity index (χ1n) is 9.67. The van der Waals surface area contributed by atoms with Crippen LogP contribution in [-0.4, -0.2) is 36.9 Å². The van der Waals surface area contributed by atoms with Crippen molar-refractivity contribution in [3.8, 4) is 0 Å². The summed E-state index contributed by atoms with van der Waals surface area (Å²) in [6.07, 6.45) is 0. The lowest BCUT2D eigenvalue weighted by Crippen LogP contribution is -2.36. The number of hydrogen-bond acceptors (Lipinski definition) is 3. The van der Waals surface area contributed by atoms with Crippen molar-refractivity contribution in [2.45, 2.75) is 20.8 Å². The van der Waals surface area contributed by atoms with Gasteiger partial charge in [0.25, 0.3) is 0 Å². The fourth-order valence-electron chi connectivity index (χ4n) is 3.57. The maximum absolute atomic E-state index is 12.4. The molecule has 0 fully saturated rings. The second kappa shape index (κ2) is 8.88. The van der Waals surface area contributed by atoms with E-state index in [-0.39, 0.29) is 24.9 Å². The number of aryl methyl sites for hydroxylation is 3. The number of anilines is 2. The molecule has 0 aliphatic carbocycles. The van der Waals surface area contributed by atoms with Crippen molar-refractivity contribution in [1.82, 2.24) is 4.90 Å². The highest BCUT2D eigenvalue weighted by Crippen LogP contribution is 2.22. The number of nitrogens with one attached hydrogen (secondary N) is 2. The molecule has 0 unspecified atom stereocenters. The molecule has 0 saturated carbocycles. The molecule has 0 heterocycles. The Kier molecular flexibility index (Phi) is 6.29. The first-order chi connectivity index (χ1) is 13.8. The summed E-state index contributed by atoms with van der Waals surface area (Å²) in [6.45, 7) is 6.27. The number of fused-ring (bicyclic) bond motifs is 1. The quantitative estimate of drug-likeness (QED) is 0.662. The van der Waals surface area contributed by atoms with Gasteiger partial charge in [-0.2, -0.15) is 0 Å². The summed E-state index contributed by atoms with van der Waals surface area (Å²) in [5.74, 6) is -0.292. The normalized spacial score (nSPS) is 10.9. The van der Waals surface area contributed by atoms with Crippen molar-refractivity contribution in [3.05, 3.63) is 71.3 Å². The molecule has 2 amide bonds. The topological polar surface area (TPSA) is 61.4 Å². The molecule has 0 aromatic heterocycles. The van der Waals surface area contributed by atoms with Gasteiger partial charge in [-0.1, -0.05) is 48.0 Å². The highest BCUT2D eigenvalue weighted by Gasteiger charge is 2.13. The number of rotatable bonds is 6. The van der Waals surface area contributed by atoms with Gasteiger partial charge in [0.2, 0.25) is 11.8 Å². The number of nitrogens with zero attached hydrogens (tertiary/aromatic N) is 1. The average molecular weight is 389 g/mol. The lowest BCUT2D eigenvalue weighted by Gasteiger charge is -2.18. The molecule has 0 atom stereocenters. The molecular weight excluding hydrogens is 362 g/mol. The summed E-state index contributed by atoms with van der Waals surface area (Å²) in [7, 11) is 1.76. The van der Waals surface area contributed by atoms with E-state index in [1.54, 1.807) is 11.9 Å². The maximum atomic E-state index is 12.4. The van der Waals surface area contributed by atoms with Gasteiger partial charge in [0.05, 0.1) is 13.1 Å². The average Bonchev–Trinajstić information content (AvgIpc) is 2.64. The summed E-state index contributed by atoms with van der Waals surface area (Å²) < 4.78 is 0. The Morgan fingerprint density at radius 1 is 0.793 bits per heavy atom. The third kappa shape index (κ3) is 5.42. The molecule has 0 aliphatic heterocycles. The molecule has 0 aliphatic rings. The Morgan fingerprint density at radius 2 is 1.38 bits per heavy atom. The van der Waals surface area contributed by atoms with Crippen molar-refractivity contribution in [1.29, 1.82) is 0 Å². The zero-order chi connectivity index (χ0) is 21.0. The minimum absolute atomic E-state index is 0.131. The minimum Gasteiger partial charge on any atom is -0.325 e. The van der Waals surface area contributed by atoms with Gasteiger partial charge in [-0.25, -0.2) is 0 Å². The van der Waals surface area contributed by atoms with Crippen molar-refractivity contribution in [2.75, 3.05) is 30.8 Å². The zero-order valence-corrected chi connectivity index (χ0v) is 17.4. The number of amides is 2. The van der Waals surface area contributed by atoms with Crippen LogP contribution in [0.3, 0.4) is 0 Å². The van der Waals surface area contributed by atoms with E-state index < -0.39 is 0 Å². The van der Waals surface area contributed by atoms with Crippen LogP contribution in [0.15, 0.2) is 54.6 Å². The van der Waals surface area contributed by atoms with Gasteiger partial charge in [-0.15, -0.1) is 0 Å². The lowest BCUT2D eigenvalue weighted by molar-refractivity contribution is -0.119. The van der Waals surface area contributed by atoms with Gasteiger partial charge in [0, 0.05) is 11.4 Å². The predicted molar refractivity (Wildman–Crippen MR) is 119 cm³/mol. The lowest BCUT2D eigenvalue weighted by atomic mass is 10.1. The van der Waals surface area contributed by atoms with Crippen LogP contribution < -0.4 is 10.6 Å². The van der Waals surface area contributed by atoms with Crippen LogP contribution in [0.25, 0.3) is 10.8 Å².